The third-order valence-electron chi connectivity index (χ3n) is 7.43. The molecular weight excluding hydrogens is 572 g/mol. The van der Waals surface area contributed by atoms with Crippen LogP contribution < -0.4 is 22.2 Å². The van der Waals surface area contributed by atoms with E-state index in [2.05, 4.69) is 20.2 Å². The molecule has 4 aromatic rings. The number of nitrogens with one attached hydrogen (secondary N) is 2. The Hall–Kier alpha value is -4.80. The minimum Gasteiger partial charge on any atom is -0.383 e. The van der Waals surface area contributed by atoms with Crippen molar-refractivity contribution in [1.29, 1.82) is 0 Å². The summed E-state index contributed by atoms with van der Waals surface area (Å²) < 4.78 is 30.4. The Bertz CT molecular complexity index is 1750. The third kappa shape index (κ3) is 7.97. The van der Waals surface area contributed by atoms with E-state index in [-0.39, 0.29) is 16.8 Å². The SMILES string of the molecule is Cc1cc(C)c(S(=O)(=O)N=C(N)c2cccc(CC(N)/C=N\NC(=O)NC(c3ccccc3)c3ccccc3)c2)c(C)c1C. The fourth-order valence-corrected chi connectivity index (χ4v) is 6.53. The molecule has 228 valence electrons. The lowest BCUT2D eigenvalue weighted by Crippen LogP contribution is -2.36. The molecule has 0 aliphatic heterocycles. The molecule has 0 aliphatic rings. The maximum absolute atomic E-state index is 13.2. The molecule has 2 amide bonds. The maximum Gasteiger partial charge on any atom is 0.335 e. The number of carbonyl (C=O) groups excluding carboxylic acids is 1. The summed E-state index contributed by atoms with van der Waals surface area (Å²) in [4.78, 5) is 12.9. The number of nitrogens with zero attached hydrogens (tertiary/aromatic N) is 2. The lowest BCUT2D eigenvalue weighted by atomic mass is 9.99. The van der Waals surface area contributed by atoms with E-state index in [9.17, 15) is 13.2 Å². The molecule has 9 nitrogen and oxygen atoms in total. The second-order valence-corrected chi connectivity index (χ2v) is 12.3. The van der Waals surface area contributed by atoms with Crippen LogP contribution in [0.5, 0.6) is 0 Å². The summed E-state index contributed by atoms with van der Waals surface area (Å²) in [5.74, 6) is -0.115. The summed E-state index contributed by atoms with van der Waals surface area (Å²) >= 11 is 0. The molecule has 44 heavy (non-hydrogen) atoms. The Kier molecular flexibility index (Phi) is 10.3. The molecule has 0 aliphatic carbocycles. The Morgan fingerprint density at radius 3 is 2.07 bits per heavy atom. The average Bonchev–Trinajstić information content (AvgIpc) is 2.99. The number of aryl methyl sites for hydroxylation is 2. The van der Waals surface area contributed by atoms with Crippen molar-refractivity contribution in [1.82, 2.24) is 10.7 Å². The Balaban J connectivity index is 1.41. The first-order valence-corrected chi connectivity index (χ1v) is 15.6. The van der Waals surface area contributed by atoms with Crippen molar-refractivity contribution in [2.24, 2.45) is 21.0 Å². The minimum absolute atomic E-state index is 0.115. The van der Waals surface area contributed by atoms with Gasteiger partial charge in [0.2, 0.25) is 0 Å². The quantitative estimate of drug-likeness (QED) is 0.114. The van der Waals surface area contributed by atoms with E-state index in [1.54, 1.807) is 32.0 Å². The first-order chi connectivity index (χ1) is 21.0. The second-order valence-electron chi connectivity index (χ2n) is 10.7. The second kappa shape index (κ2) is 14.1. The fourth-order valence-electron chi connectivity index (χ4n) is 5.07. The number of urea groups is 1. The number of amides is 2. The molecule has 0 spiro atoms. The monoisotopic (exact) mass is 610 g/mol. The van der Waals surface area contributed by atoms with Gasteiger partial charge in [-0.25, -0.2) is 10.2 Å². The lowest BCUT2D eigenvalue weighted by molar-refractivity contribution is 0.239. The molecule has 1 atom stereocenters. The highest BCUT2D eigenvalue weighted by molar-refractivity contribution is 7.90. The van der Waals surface area contributed by atoms with Crippen LogP contribution in [0.3, 0.4) is 0 Å². The molecule has 0 fully saturated rings. The van der Waals surface area contributed by atoms with Gasteiger partial charge in [0.15, 0.2) is 0 Å². The predicted octanol–water partition coefficient (Wildman–Crippen LogP) is 4.96. The van der Waals surface area contributed by atoms with Crippen molar-refractivity contribution in [3.05, 3.63) is 136 Å². The van der Waals surface area contributed by atoms with Crippen LogP contribution in [0, 0.1) is 27.7 Å². The van der Waals surface area contributed by atoms with E-state index in [1.807, 2.05) is 86.6 Å². The zero-order valence-electron chi connectivity index (χ0n) is 25.3. The summed E-state index contributed by atoms with van der Waals surface area (Å²) in [6.07, 6.45) is 1.81. The van der Waals surface area contributed by atoms with Crippen LogP contribution >= 0.6 is 0 Å². The fraction of sp³-hybridized carbons (Fsp3) is 0.206. The molecule has 1 unspecified atom stereocenters. The number of hydrazone groups is 1. The van der Waals surface area contributed by atoms with Gasteiger partial charge < -0.3 is 16.8 Å². The van der Waals surface area contributed by atoms with Gasteiger partial charge in [0.25, 0.3) is 10.0 Å². The molecule has 6 N–H and O–H groups in total. The van der Waals surface area contributed by atoms with Crippen molar-refractivity contribution in [2.45, 2.75) is 51.1 Å². The Morgan fingerprint density at radius 2 is 1.45 bits per heavy atom. The van der Waals surface area contributed by atoms with Gasteiger partial charge in [-0.3, -0.25) is 0 Å². The molecular formula is C34H38N6O3S. The molecule has 0 radical (unpaired) electrons. The molecule has 0 saturated heterocycles. The van der Waals surface area contributed by atoms with Gasteiger partial charge in [0.05, 0.1) is 10.9 Å². The standard InChI is InChI=1S/C34H38N6O3S/c1-22-18-23(2)32(25(4)24(22)3)44(42,43)40-33(36)29-17-11-12-26(19-29)20-30(35)21-37-39-34(41)38-31(27-13-7-5-8-14-27)28-15-9-6-10-16-28/h5-19,21,30-31H,20,35H2,1-4H3,(H2,36,40)(H2,38,39,41)/b37-21-. The number of hydrogen-bond acceptors (Lipinski definition) is 5. The van der Waals surface area contributed by atoms with E-state index in [0.717, 1.165) is 27.8 Å². The number of rotatable bonds is 10. The maximum atomic E-state index is 13.2. The average molecular weight is 611 g/mol. The smallest absolute Gasteiger partial charge is 0.335 e. The highest BCUT2D eigenvalue weighted by Crippen LogP contribution is 2.27. The Morgan fingerprint density at radius 1 is 0.841 bits per heavy atom. The van der Waals surface area contributed by atoms with Crippen LogP contribution in [0.2, 0.25) is 0 Å². The van der Waals surface area contributed by atoms with Crippen LogP contribution in [0.1, 0.15) is 50.5 Å². The summed E-state index contributed by atoms with van der Waals surface area (Å²) in [7, 11) is -4.04. The van der Waals surface area contributed by atoms with Gasteiger partial charge in [-0.05, 0) is 79.1 Å². The van der Waals surface area contributed by atoms with Crippen LogP contribution in [0.15, 0.2) is 105 Å². The van der Waals surface area contributed by atoms with Crippen molar-refractivity contribution in [2.75, 3.05) is 0 Å². The third-order valence-corrected chi connectivity index (χ3v) is 9.01. The molecule has 4 rings (SSSR count). The number of nitrogens with two attached hydrogens (primary N) is 2. The molecule has 4 aromatic carbocycles. The van der Waals surface area contributed by atoms with E-state index in [4.69, 9.17) is 11.5 Å². The number of benzene rings is 4. The summed E-state index contributed by atoms with van der Waals surface area (Å²) in [5.41, 5.74) is 21.3. The van der Waals surface area contributed by atoms with E-state index >= 15 is 0 Å². The first kappa shape index (κ1) is 32.1. The van der Waals surface area contributed by atoms with Crippen molar-refractivity contribution in [3.8, 4) is 0 Å². The summed E-state index contributed by atoms with van der Waals surface area (Å²) in [6.45, 7) is 7.37. The van der Waals surface area contributed by atoms with Crippen LogP contribution in [-0.4, -0.2) is 32.5 Å². The predicted molar refractivity (Wildman–Crippen MR) is 176 cm³/mol. The first-order valence-electron chi connectivity index (χ1n) is 14.2. The highest BCUT2D eigenvalue weighted by Gasteiger charge is 2.22. The number of sulfonamides is 1. The van der Waals surface area contributed by atoms with Crippen molar-refractivity contribution < 1.29 is 13.2 Å². The summed E-state index contributed by atoms with van der Waals surface area (Å²) in [5, 5.41) is 6.99. The van der Waals surface area contributed by atoms with E-state index in [1.165, 1.54) is 6.21 Å². The molecule has 0 saturated carbocycles. The molecule has 10 heteroatoms. The molecule has 0 heterocycles. The van der Waals surface area contributed by atoms with Crippen LogP contribution in [-0.2, 0) is 16.4 Å². The Labute approximate surface area is 259 Å². The van der Waals surface area contributed by atoms with E-state index < -0.39 is 22.1 Å². The molecule has 0 aromatic heterocycles. The van der Waals surface area contributed by atoms with Gasteiger partial charge in [-0.15, -0.1) is 4.40 Å². The van der Waals surface area contributed by atoms with Crippen molar-refractivity contribution >= 4 is 28.1 Å². The van der Waals surface area contributed by atoms with E-state index in [0.29, 0.717) is 23.1 Å². The number of carbonyl (C=O) groups is 1. The topological polar surface area (TPSA) is 152 Å². The largest absolute Gasteiger partial charge is 0.383 e. The van der Waals surface area contributed by atoms with Crippen molar-refractivity contribution in [3.63, 3.8) is 0 Å². The zero-order valence-corrected chi connectivity index (χ0v) is 26.1. The lowest BCUT2D eigenvalue weighted by Gasteiger charge is -2.19. The van der Waals surface area contributed by atoms with Gasteiger partial charge in [0.1, 0.15) is 5.84 Å². The minimum atomic E-state index is -4.04. The van der Waals surface area contributed by atoms with Gasteiger partial charge in [0, 0.05) is 17.8 Å². The van der Waals surface area contributed by atoms with Crippen LogP contribution in [0.25, 0.3) is 0 Å². The molecule has 0 bridgehead atoms. The highest BCUT2D eigenvalue weighted by atomic mass is 32.2. The van der Waals surface area contributed by atoms with Gasteiger partial charge in [-0.2, -0.15) is 13.5 Å². The van der Waals surface area contributed by atoms with Gasteiger partial charge >= 0.3 is 6.03 Å². The number of hydrogen-bond donors (Lipinski definition) is 4. The van der Waals surface area contributed by atoms with Gasteiger partial charge in [-0.1, -0.05) is 84.9 Å². The summed E-state index contributed by atoms with van der Waals surface area (Å²) in [6, 6.07) is 26.8. The zero-order chi connectivity index (χ0) is 31.9. The normalized spacial score (nSPS) is 12.8. The number of amidine groups is 1. The van der Waals surface area contributed by atoms with Crippen LogP contribution in [0.4, 0.5) is 4.79 Å².